The number of aromatic amines is 1. The molecule has 6 heteroatoms. The van der Waals surface area contributed by atoms with E-state index in [9.17, 15) is 5.26 Å². The van der Waals surface area contributed by atoms with Crippen LogP contribution in [0.4, 0.5) is 0 Å². The summed E-state index contributed by atoms with van der Waals surface area (Å²) in [5, 5.41) is 9.47. The number of allylic oxidation sites excluding steroid dienone is 1. The van der Waals surface area contributed by atoms with E-state index in [1.54, 1.807) is 12.4 Å². The highest BCUT2D eigenvalue weighted by Crippen LogP contribution is 2.41. The van der Waals surface area contributed by atoms with Crippen molar-refractivity contribution in [3.05, 3.63) is 53.1 Å². The monoisotopic (exact) mass is 295 g/mol. The van der Waals surface area contributed by atoms with E-state index < -0.39 is 0 Å². The molecule has 0 spiro atoms. The van der Waals surface area contributed by atoms with Gasteiger partial charge >= 0.3 is 0 Å². The van der Waals surface area contributed by atoms with E-state index in [1.807, 2.05) is 12.1 Å². The summed E-state index contributed by atoms with van der Waals surface area (Å²) in [7, 11) is 0. The minimum absolute atomic E-state index is 0.101. The van der Waals surface area contributed by atoms with Crippen LogP contribution < -0.4 is 10.5 Å². The fourth-order valence-electron chi connectivity index (χ4n) is 2.45. The van der Waals surface area contributed by atoms with Crippen molar-refractivity contribution in [2.45, 2.75) is 32.1 Å². The van der Waals surface area contributed by atoms with Crippen LogP contribution in [0.15, 0.2) is 36.0 Å². The van der Waals surface area contributed by atoms with Gasteiger partial charge in [-0.2, -0.15) is 10.2 Å². The van der Waals surface area contributed by atoms with Crippen LogP contribution in [-0.4, -0.2) is 15.0 Å². The number of fused-ring (bicyclic) bond motifs is 1. The van der Waals surface area contributed by atoms with E-state index >= 15 is 0 Å². The normalized spacial score (nSPS) is 17.6. The molecule has 1 aliphatic heterocycles. The molecule has 1 unspecified atom stereocenters. The lowest BCUT2D eigenvalue weighted by Crippen LogP contribution is -2.21. The molecule has 0 saturated carbocycles. The maximum absolute atomic E-state index is 9.47. The molecule has 1 atom stereocenters. The van der Waals surface area contributed by atoms with Crippen molar-refractivity contribution >= 4 is 0 Å². The van der Waals surface area contributed by atoms with Gasteiger partial charge in [0.15, 0.2) is 0 Å². The van der Waals surface area contributed by atoms with E-state index in [0.29, 0.717) is 11.5 Å². The van der Waals surface area contributed by atoms with Crippen molar-refractivity contribution < 1.29 is 4.74 Å². The first-order chi connectivity index (χ1) is 10.4. The van der Waals surface area contributed by atoms with E-state index in [1.165, 1.54) is 0 Å². The van der Waals surface area contributed by atoms with Crippen molar-refractivity contribution in [3.8, 4) is 11.9 Å². The molecule has 3 N–H and O–H groups in total. The summed E-state index contributed by atoms with van der Waals surface area (Å²) in [4.78, 5) is 11.8. The summed E-state index contributed by atoms with van der Waals surface area (Å²) in [6, 6.07) is 5.88. The third kappa shape index (κ3) is 2.21. The van der Waals surface area contributed by atoms with Crippen LogP contribution in [0.25, 0.3) is 0 Å². The summed E-state index contributed by atoms with van der Waals surface area (Å²) in [6.07, 6.45) is 3.38. The molecule has 3 heterocycles. The average molecular weight is 295 g/mol. The largest absolute Gasteiger partial charge is 0.420 e. The number of hydrogen-bond donors (Lipinski definition) is 2. The van der Waals surface area contributed by atoms with Gasteiger partial charge in [0.05, 0.1) is 11.6 Å². The number of nitrogens with one attached hydrogen (secondary N) is 1. The number of aromatic nitrogens is 3. The third-order valence-corrected chi connectivity index (χ3v) is 3.62. The molecule has 0 radical (unpaired) electrons. The summed E-state index contributed by atoms with van der Waals surface area (Å²) < 4.78 is 5.54. The molecular weight excluding hydrogens is 278 g/mol. The number of nitriles is 1. The summed E-state index contributed by atoms with van der Waals surface area (Å²) in [5.41, 5.74) is 7.80. The van der Waals surface area contributed by atoms with Crippen molar-refractivity contribution in [2.75, 3.05) is 0 Å². The quantitative estimate of drug-likeness (QED) is 0.840. The van der Waals surface area contributed by atoms with Gasteiger partial charge in [0.1, 0.15) is 17.5 Å². The molecule has 0 fully saturated rings. The lowest BCUT2D eigenvalue weighted by molar-refractivity contribution is 0.378. The van der Waals surface area contributed by atoms with Gasteiger partial charge in [0.2, 0.25) is 11.8 Å². The topological polar surface area (TPSA) is 101 Å². The van der Waals surface area contributed by atoms with Crippen LogP contribution in [-0.2, 0) is 5.41 Å². The van der Waals surface area contributed by atoms with Crippen LogP contribution >= 0.6 is 0 Å². The maximum atomic E-state index is 9.47. The molecular formula is C16H17N5O. The molecule has 0 aromatic carbocycles. The van der Waals surface area contributed by atoms with Gasteiger partial charge in [-0.3, -0.25) is 4.98 Å². The fraction of sp³-hybridized carbons (Fsp3) is 0.312. The number of nitrogens with zero attached hydrogens (tertiary/aromatic N) is 3. The lowest BCUT2D eigenvalue weighted by Gasteiger charge is -2.22. The van der Waals surface area contributed by atoms with Gasteiger partial charge in [-0.15, -0.1) is 0 Å². The van der Waals surface area contributed by atoms with Gasteiger partial charge in [0.25, 0.3) is 0 Å². The van der Waals surface area contributed by atoms with Crippen molar-refractivity contribution in [3.63, 3.8) is 0 Å². The first-order valence-corrected chi connectivity index (χ1v) is 6.99. The maximum Gasteiger partial charge on any atom is 0.243 e. The number of ether oxygens (including phenoxy) is 1. The van der Waals surface area contributed by atoms with Gasteiger partial charge in [0, 0.05) is 17.8 Å². The van der Waals surface area contributed by atoms with Gasteiger partial charge in [-0.1, -0.05) is 20.8 Å². The van der Waals surface area contributed by atoms with Crippen LogP contribution in [0.5, 0.6) is 5.88 Å². The van der Waals surface area contributed by atoms with E-state index in [2.05, 4.69) is 41.8 Å². The molecule has 2 aromatic rings. The molecule has 2 aromatic heterocycles. The Balaban J connectivity index is 2.19. The minimum Gasteiger partial charge on any atom is -0.420 e. The zero-order valence-corrected chi connectivity index (χ0v) is 12.7. The van der Waals surface area contributed by atoms with Gasteiger partial charge in [-0.05, 0) is 17.7 Å². The van der Waals surface area contributed by atoms with Crippen LogP contribution in [0.2, 0.25) is 0 Å². The zero-order chi connectivity index (χ0) is 15.9. The number of rotatable bonds is 1. The van der Waals surface area contributed by atoms with Crippen molar-refractivity contribution in [1.29, 1.82) is 5.26 Å². The Morgan fingerprint density at radius 1 is 1.32 bits per heavy atom. The van der Waals surface area contributed by atoms with E-state index in [4.69, 9.17) is 10.5 Å². The minimum atomic E-state index is -0.319. The molecule has 22 heavy (non-hydrogen) atoms. The molecule has 0 amide bonds. The Kier molecular flexibility index (Phi) is 3.14. The third-order valence-electron chi connectivity index (χ3n) is 3.62. The predicted molar refractivity (Wildman–Crippen MR) is 80.8 cm³/mol. The first-order valence-electron chi connectivity index (χ1n) is 6.99. The van der Waals surface area contributed by atoms with E-state index in [0.717, 1.165) is 17.1 Å². The van der Waals surface area contributed by atoms with Crippen LogP contribution in [0.3, 0.4) is 0 Å². The second-order valence-electron chi connectivity index (χ2n) is 6.26. The number of imidazole rings is 1. The Labute approximate surface area is 128 Å². The first kappa shape index (κ1) is 14.1. The number of nitrogens with two attached hydrogens (primary N) is 1. The van der Waals surface area contributed by atoms with Crippen LogP contribution in [0.1, 0.15) is 43.8 Å². The van der Waals surface area contributed by atoms with Gasteiger partial charge in [-0.25, -0.2) is 0 Å². The molecule has 112 valence electrons. The zero-order valence-electron chi connectivity index (χ0n) is 12.7. The lowest BCUT2D eigenvalue weighted by atomic mass is 9.88. The molecule has 1 aliphatic rings. The highest BCUT2D eigenvalue weighted by Gasteiger charge is 2.35. The SMILES string of the molecule is CC(C)(C)c1nc2c([nH]1)C(c1ccncc1)C(C#N)=C(N)O2. The smallest absolute Gasteiger partial charge is 0.243 e. The van der Waals surface area contributed by atoms with Crippen molar-refractivity contribution in [1.82, 2.24) is 15.0 Å². The van der Waals surface area contributed by atoms with Crippen LogP contribution in [0, 0.1) is 11.3 Å². The number of hydrogen-bond acceptors (Lipinski definition) is 5. The fourth-order valence-corrected chi connectivity index (χ4v) is 2.45. The molecule has 0 bridgehead atoms. The van der Waals surface area contributed by atoms with Crippen molar-refractivity contribution in [2.24, 2.45) is 5.73 Å². The molecule has 6 nitrogen and oxygen atoms in total. The Bertz CT molecular complexity index is 777. The highest BCUT2D eigenvalue weighted by atomic mass is 16.5. The molecule has 0 aliphatic carbocycles. The summed E-state index contributed by atoms with van der Waals surface area (Å²) >= 11 is 0. The average Bonchev–Trinajstić information content (AvgIpc) is 2.90. The second-order valence-corrected chi connectivity index (χ2v) is 6.26. The Hall–Kier alpha value is -2.81. The van der Waals surface area contributed by atoms with Gasteiger partial charge < -0.3 is 15.5 Å². The second kappa shape index (κ2) is 4.88. The Morgan fingerprint density at radius 3 is 2.59 bits per heavy atom. The highest BCUT2D eigenvalue weighted by molar-refractivity contribution is 5.51. The standard InChI is InChI=1S/C16H17N5O/c1-16(2,3)15-20-12-11(9-4-6-19-7-5-9)10(8-17)13(18)22-14(12)21-15/h4-7,11H,18H2,1-3H3,(H,20,21). The van der Waals surface area contributed by atoms with E-state index in [-0.39, 0.29) is 17.2 Å². The predicted octanol–water partition coefficient (Wildman–Crippen LogP) is 2.32. The number of pyridine rings is 1. The molecule has 3 rings (SSSR count). The summed E-state index contributed by atoms with van der Waals surface area (Å²) in [5.74, 6) is 1.01. The number of H-pyrrole nitrogens is 1. The molecule has 0 saturated heterocycles. The summed E-state index contributed by atoms with van der Waals surface area (Å²) in [6.45, 7) is 6.17. The Morgan fingerprint density at radius 2 is 2.00 bits per heavy atom.